The Morgan fingerprint density at radius 1 is 1.09 bits per heavy atom. The van der Waals surface area contributed by atoms with E-state index in [2.05, 4.69) is 0 Å². The second kappa shape index (κ2) is 5.64. The van der Waals surface area contributed by atoms with Crippen molar-refractivity contribution in [3.8, 4) is 0 Å². The smallest absolute Gasteiger partial charge is 0.456 e. The van der Waals surface area contributed by atoms with Crippen LogP contribution in [0.5, 0.6) is 0 Å². The Bertz CT molecular complexity index is 598. The zero-order chi connectivity index (χ0) is 17.6. The van der Waals surface area contributed by atoms with Gasteiger partial charge in [0.1, 0.15) is 5.60 Å². The average Bonchev–Trinajstić information content (AvgIpc) is 2.56. The number of esters is 1. The Kier molecular flexibility index (Phi) is 4.42. The van der Waals surface area contributed by atoms with Crippen LogP contribution < -0.4 is 5.46 Å². The summed E-state index contributed by atoms with van der Waals surface area (Å²) in [5, 5.41) is 0. The third-order valence-electron chi connectivity index (χ3n) is 4.39. The van der Waals surface area contributed by atoms with Gasteiger partial charge in [0.15, 0.2) is 0 Å². The standard InChI is InChI=1S/C18H27BO4/c1-12-11-13(19-22-17(5,6)18(7,8)23-19)9-10-14(12)15(20)21-16(2,3)4/h9-11H,1-8H3. The van der Waals surface area contributed by atoms with Crippen molar-refractivity contribution in [2.75, 3.05) is 0 Å². The van der Waals surface area contributed by atoms with Gasteiger partial charge >= 0.3 is 13.1 Å². The molecule has 0 aromatic heterocycles. The minimum absolute atomic E-state index is 0.310. The van der Waals surface area contributed by atoms with Gasteiger partial charge in [0.25, 0.3) is 0 Å². The van der Waals surface area contributed by atoms with E-state index in [1.165, 1.54) is 0 Å². The molecule has 1 heterocycles. The summed E-state index contributed by atoms with van der Waals surface area (Å²) in [7, 11) is -0.425. The van der Waals surface area contributed by atoms with Crippen molar-refractivity contribution in [1.82, 2.24) is 0 Å². The highest BCUT2D eigenvalue weighted by atomic mass is 16.7. The van der Waals surface area contributed by atoms with Gasteiger partial charge in [-0.25, -0.2) is 4.79 Å². The van der Waals surface area contributed by atoms with Crippen LogP contribution >= 0.6 is 0 Å². The van der Waals surface area contributed by atoms with Gasteiger partial charge < -0.3 is 14.0 Å². The Morgan fingerprint density at radius 3 is 2.04 bits per heavy atom. The van der Waals surface area contributed by atoms with Gasteiger partial charge in [-0.2, -0.15) is 0 Å². The molecule has 0 aliphatic carbocycles. The van der Waals surface area contributed by atoms with E-state index in [4.69, 9.17) is 14.0 Å². The van der Waals surface area contributed by atoms with Crippen LogP contribution in [0.3, 0.4) is 0 Å². The van der Waals surface area contributed by atoms with Crippen LogP contribution in [0.2, 0.25) is 0 Å². The molecule has 1 fully saturated rings. The molecule has 4 nitrogen and oxygen atoms in total. The summed E-state index contributed by atoms with van der Waals surface area (Å²) < 4.78 is 17.5. The molecule has 126 valence electrons. The second-order valence-corrected chi connectivity index (χ2v) is 8.16. The number of aryl methyl sites for hydroxylation is 1. The SMILES string of the molecule is Cc1cc(B2OC(C)(C)C(C)(C)O2)ccc1C(=O)OC(C)(C)C. The molecule has 0 unspecified atom stereocenters. The van der Waals surface area contributed by atoms with Crippen LogP contribution in [0.15, 0.2) is 18.2 Å². The maximum atomic E-state index is 12.2. The second-order valence-electron chi connectivity index (χ2n) is 8.16. The lowest BCUT2D eigenvalue weighted by atomic mass is 9.78. The monoisotopic (exact) mass is 318 g/mol. The van der Waals surface area contributed by atoms with Crippen molar-refractivity contribution < 1.29 is 18.8 Å². The van der Waals surface area contributed by atoms with Crippen molar-refractivity contribution in [2.45, 2.75) is 72.2 Å². The van der Waals surface area contributed by atoms with Crippen molar-refractivity contribution in [2.24, 2.45) is 0 Å². The van der Waals surface area contributed by atoms with E-state index >= 15 is 0 Å². The van der Waals surface area contributed by atoms with Gasteiger partial charge in [-0.05, 0) is 72.5 Å². The molecule has 1 aliphatic rings. The van der Waals surface area contributed by atoms with Gasteiger partial charge in [-0.15, -0.1) is 0 Å². The van der Waals surface area contributed by atoms with Crippen molar-refractivity contribution in [3.05, 3.63) is 29.3 Å². The summed E-state index contributed by atoms with van der Waals surface area (Å²) in [6.45, 7) is 15.6. The number of hydrogen-bond donors (Lipinski definition) is 0. The number of carbonyl (C=O) groups excluding carboxylic acids is 1. The first kappa shape index (κ1) is 18.0. The van der Waals surface area contributed by atoms with E-state index < -0.39 is 12.7 Å². The maximum absolute atomic E-state index is 12.2. The number of hydrogen-bond acceptors (Lipinski definition) is 4. The Balaban J connectivity index is 2.23. The molecule has 2 rings (SSSR count). The number of ether oxygens (including phenoxy) is 1. The quantitative estimate of drug-likeness (QED) is 0.620. The van der Waals surface area contributed by atoms with E-state index in [1.807, 2.05) is 67.5 Å². The fourth-order valence-corrected chi connectivity index (χ4v) is 2.37. The van der Waals surface area contributed by atoms with E-state index in [0.29, 0.717) is 5.56 Å². The highest BCUT2D eigenvalue weighted by Crippen LogP contribution is 2.36. The zero-order valence-corrected chi connectivity index (χ0v) is 15.4. The topological polar surface area (TPSA) is 44.8 Å². The van der Waals surface area contributed by atoms with Crippen molar-refractivity contribution in [1.29, 1.82) is 0 Å². The van der Waals surface area contributed by atoms with Crippen LogP contribution in [0.25, 0.3) is 0 Å². The number of benzene rings is 1. The lowest BCUT2D eigenvalue weighted by Crippen LogP contribution is -2.41. The minimum Gasteiger partial charge on any atom is -0.456 e. The first-order valence-electron chi connectivity index (χ1n) is 8.02. The summed E-state index contributed by atoms with van der Waals surface area (Å²) in [4.78, 5) is 12.2. The molecule has 0 atom stereocenters. The summed E-state index contributed by atoms with van der Waals surface area (Å²) >= 11 is 0. The third-order valence-corrected chi connectivity index (χ3v) is 4.39. The van der Waals surface area contributed by atoms with Gasteiger partial charge in [-0.1, -0.05) is 12.1 Å². The Labute approximate surface area is 139 Å². The normalized spacial score (nSPS) is 19.7. The molecular formula is C18H27BO4. The molecule has 23 heavy (non-hydrogen) atoms. The third kappa shape index (κ3) is 3.78. The predicted molar refractivity (Wildman–Crippen MR) is 92.1 cm³/mol. The van der Waals surface area contributed by atoms with E-state index in [0.717, 1.165) is 11.0 Å². The van der Waals surface area contributed by atoms with Crippen LogP contribution in [-0.4, -0.2) is 29.9 Å². The van der Waals surface area contributed by atoms with Crippen molar-refractivity contribution >= 4 is 18.6 Å². The first-order valence-corrected chi connectivity index (χ1v) is 8.02. The lowest BCUT2D eigenvalue weighted by Gasteiger charge is -2.32. The van der Waals surface area contributed by atoms with E-state index in [-0.39, 0.29) is 17.2 Å². The molecule has 5 heteroatoms. The van der Waals surface area contributed by atoms with Gasteiger partial charge in [0, 0.05) is 0 Å². The zero-order valence-electron chi connectivity index (χ0n) is 15.4. The molecule has 1 aromatic rings. The molecule has 0 spiro atoms. The highest BCUT2D eigenvalue weighted by molar-refractivity contribution is 6.62. The maximum Gasteiger partial charge on any atom is 0.494 e. The lowest BCUT2D eigenvalue weighted by molar-refractivity contribution is 0.00578. The van der Waals surface area contributed by atoms with Crippen molar-refractivity contribution in [3.63, 3.8) is 0 Å². The molecule has 0 amide bonds. The Morgan fingerprint density at radius 2 is 1.61 bits per heavy atom. The van der Waals surface area contributed by atoms with Gasteiger partial charge in [0.2, 0.25) is 0 Å². The molecule has 1 aromatic carbocycles. The predicted octanol–water partition coefficient (Wildman–Crippen LogP) is 3.25. The largest absolute Gasteiger partial charge is 0.494 e. The summed E-state index contributed by atoms with van der Waals surface area (Å²) in [6, 6.07) is 5.58. The molecule has 0 N–H and O–H groups in total. The number of rotatable bonds is 2. The van der Waals surface area contributed by atoms with E-state index in [9.17, 15) is 4.79 Å². The van der Waals surface area contributed by atoms with E-state index in [1.54, 1.807) is 6.07 Å². The van der Waals surface area contributed by atoms with Crippen LogP contribution in [-0.2, 0) is 14.0 Å². The molecule has 0 bridgehead atoms. The Hall–Kier alpha value is -1.33. The molecule has 1 aliphatic heterocycles. The number of carbonyl (C=O) groups is 1. The van der Waals surface area contributed by atoms with Crippen LogP contribution in [0, 0.1) is 6.92 Å². The van der Waals surface area contributed by atoms with Crippen LogP contribution in [0.1, 0.15) is 64.4 Å². The average molecular weight is 318 g/mol. The highest BCUT2D eigenvalue weighted by Gasteiger charge is 2.51. The fraction of sp³-hybridized carbons (Fsp3) is 0.611. The summed E-state index contributed by atoms with van der Waals surface area (Å²) in [5.41, 5.74) is 1.07. The first-order chi connectivity index (χ1) is 10.3. The fourth-order valence-electron chi connectivity index (χ4n) is 2.37. The van der Waals surface area contributed by atoms with Gasteiger partial charge in [0.05, 0.1) is 16.8 Å². The molecule has 0 radical (unpaired) electrons. The summed E-state index contributed by atoms with van der Waals surface area (Å²) in [6.07, 6.45) is 0. The molecule has 0 saturated carbocycles. The van der Waals surface area contributed by atoms with Gasteiger partial charge in [-0.3, -0.25) is 0 Å². The molecule has 1 saturated heterocycles. The molecular weight excluding hydrogens is 291 g/mol. The van der Waals surface area contributed by atoms with Crippen LogP contribution in [0.4, 0.5) is 0 Å². The summed E-state index contributed by atoms with van der Waals surface area (Å²) in [5.74, 6) is -0.310. The minimum atomic E-state index is -0.506.